The van der Waals surface area contributed by atoms with Crippen LogP contribution in [0.4, 0.5) is 0 Å². The van der Waals surface area contributed by atoms with E-state index in [1.165, 1.54) is 11.1 Å². The van der Waals surface area contributed by atoms with Gasteiger partial charge in [-0.2, -0.15) is 0 Å². The highest BCUT2D eigenvalue weighted by Gasteiger charge is 2.27. The molecule has 0 bridgehead atoms. The molecule has 0 N–H and O–H groups in total. The van der Waals surface area contributed by atoms with Gasteiger partial charge in [0.15, 0.2) is 5.78 Å². The first kappa shape index (κ1) is 14.3. The zero-order chi connectivity index (χ0) is 14.0. The first-order chi connectivity index (χ1) is 9.00. The summed E-state index contributed by atoms with van der Waals surface area (Å²) in [6.45, 7) is 9.99. The van der Waals surface area contributed by atoms with Gasteiger partial charge in [-0.05, 0) is 29.4 Å². The lowest BCUT2D eigenvalue weighted by molar-refractivity contribution is 0.0899. The second-order valence-corrected chi connectivity index (χ2v) is 6.08. The monoisotopic (exact) mass is 260 g/mol. The molecule has 1 aliphatic rings. The Kier molecular flexibility index (Phi) is 4.41. The Bertz CT molecular complexity index is 454. The molecule has 1 heterocycles. The fourth-order valence-corrected chi connectivity index (χ4v) is 2.60. The molecular formula is C17H24O2. The predicted molar refractivity (Wildman–Crippen MR) is 77.9 cm³/mol. The zero-order valence-corrected chi connectivity index (χ0v) is 12.4. The number of hydrogen-bond donors (Lipinski definition) is 0. The Balaban J connectivity index is 2.35. The number of benzene rings is 1. The molecule has 0 aromatic heterocycles. The van der Waals surface area contributed by atoms with Crippen LogP contribution in [0.25, 0.3) is 0 Å². The van der Waals surface area contributed by atoms with Crippen molar-refractivity contribution >= 4 is 5.78 Å². The summed E-state index contributed by atoms with van der Waals surface area (Å²) in [6.07, 6.45) is 0.863. The van der Waals surface area contributed by atoms with E-state index >= 15 is 0 Å². The van der Waals surface area contributed by atoms with Gasteiger partial charge >= 0.3 is 0 Å². The molecule has 2 rings (SSSR count). The maximum atomic E-state index is 12.6. The van der Waals surface area contributed by atoms with Crippen LogP contribution in [0.5, 0.6) is 0 Å². The van der Waals surface area contributed by atoms with Crippen LogP contribution >= 0.6 is 0 Å². The third kappa shape index (κ3) is 3.06. The van der Waals surface area contributed by atoms with Crippen molar-refractivity contribution in [3.05, 3.63) is 34.9 Å². The van der Waals surface area contributed by atoms with Crippen molar-refractivity contribution in [2.45, 2.75) is 46.0 Å². The van der Waals surface area contributed by atoms with Crippen molar-refractivity contribution < 1.29 is 9.53 Å². The molecule has 1 aromatic rings. The number of rotatable bonds is 4. The fraction of sp³-hybridized carbons (Fsp3) is 0.588. The summed E-state index contributed by atoms with van der Waals surface area (Å²) in [7, 11) is 0. The van der Waals surface area contributed by atoms with E-state index in [0.717, 1.165) is 18.6 Å². The number of ether oxygens (including phenoxy) is 1. The third-order valence-electron chi connectivity index (χ3n) is 3.93. The van der Waals surface area contributed by atoms with Crippen molar-refractivity contribution in [1.29, 1.82) is 0 Å². The highest BCUT2D eigenvalue weighted by atomic mass is 16.5. The van der Waals surface area contributed by atoms with E-state index in [1.807, 2.05) is 6.07 Å². The van der Waals surface area contributed by atoms with Crippen molar-refractivity contribution in [3.63, 3.8) is 0 Å². The lowest BCUT2D eigenvalue weighted by atomic mass is 9.86. The Morgan fingerprint density at radius 2 is 1.95 bits per heavy atom. The van der Waals surface area contributed by atoms with E-state index in [9.17, 15) is 4.79 Å². The number of carbonyl (C=O) groups excluding carboxylic acids is 1. The molecule has 1 unspecified atom stereocenters. The topological polar surface area (TPSA) is 26.3 Å². The molecule has 2 heteroatoms. The van der Waals surface area contributed by atoms with Gasteiger partial charge in [-0.15, -0.1) is 0 Å². The van der Waals surface area contributed by atoms with E-state index in [4.69, 9.17) is 4.74 Å². The second-order valence-electron chi connectivity index (χ2n) is 6.08. The smallest absolute Gasteiger partial charge is 0.168 e. The van der Waals surface area contributed by atoms with Crippen molar-refractivity contribution in [1.82, 2.24) is 0 Å². The molecule has 2 nitrogen and oxygen atoms in total. The molecule has 1 fully saturated rings. The van der Waals surface area contributed by atoms with Crippen LogP contribution < -0.4 is 0 Å². The summed E-state index contributed by atoms with van der Waals surface area (Å²) in [4.78, 5) is 12.6. The summed E-state index contributed by atoms with van der Waals surface area (Å²) < 4.78 is 5.34. The first-order valence-corrected chi connectivity index (χ1v) is 7.26. The predicted octanol–water partition coefficient (Wildman–Crippen LogP) is 4.15. The molecular weight excluding hydrogens is 236 g/mol. The fourth-order valence-electron chi connectivity index (χ4n) is 2.60. The summed E-state index contributed by atoms with van der Waals surface area (Å²) >= 11 is 0. The quantitative estimate of drug-likeness (QED) is 0.760. The van der Waals surface area contributed by atoms with Gasteiger partial charge in [0.2, 0.25) is 0 Å². The molecule has 1 aliphatic heterocycles. The molecule has 1 saturated heterocycles. The lowest BCUT2D eigenvalue weighted by Crippen LogP contribution is -2.17. The average molecular weight is 260 g/mol. The average Bonchev–Trinajstić information content (AvgIpc) is 2.90. The van der Waals surface area contributed by atoms with Crippen molar-refractivity contribution in [2.75, 3.05) is 13.2 Å². The number of carbonyl (C=O) groups is 1. The first-order valence-electron chi connectivity index (χ1n) is 7.26. The minimum atomic E-state index is 0.0578. The summed E-state index contributed by atoms with van der Waals surface area (Å²) in [5.41, 5.74) is 3.39. The molecule has 1 atom stereocenters. The summed E-state index contributed by atoms with van der Waals surface area (Å²) in [6, 6.07) is 6.32. The van der Waals surface area contributed by atoms with Gasteiger partial charge in [-0.25, -0.2) is 0 Å². The Hall–Kier alpha value is -1.15. The molecule has 0 radical (unpaired) electrons. The SMILES string of the molecule is CC(C)c1ccc(C(=O)C2CCOC2)c(C(C)C)c1. The molecule has 1 aromatic carbocycles. The van der Waals surface area contributed by atoms with Crippen LogP contribution in [0.3, 0.4) is 0 Å². The molecule has 104 valence electrons. The van der Waals surface area contributed by atoms with E-state index < -0.39 is 0 Å². The maximum Gasteiger partial charge on any atom is 0.168 e. The minimum absolute atomic E-state index is 0.0578. The second kappa shape index (κ2) is 5.87. The summed E-state index contributed by atoms with van der Waals surface area (Å²) in [5, 5.41) is 0. The van der Waals surface area contributed by atoms with E-state index in [0.29, 0.717) is 18.4 Å². The van der Waals surface area contributed by atoms with E-state index in [1.54, 1.807) is 0 Å². The van der Waals surface area contributed by atoms with E-state index in [-0.39, 0.29) is 11.7 Å². The van der Waals surface area contributed by atoms with Crippen LogP contribution in [0, 0.1) is 5.92 Å². The highest BCUT2D eigenvalue weighted by molar-refractivity contribution is 5.99. The highest BCUT2D eigenvalue weighted by Crippen LogP contribution is 2.28. The molecule has 0 spiro atoms. The van der Waals surface area contributed by atoms with Gasteiger partial charge in [-0.1, -0.05) is 45.9 Å². The largest absolute Gasteiger partial charge is 0.381 e. The minimum Gasteiger partial charge on any atom is -0.381 e. The van der Waals surface area contributed by atoms with Gasteiger partial charge in [0.05, 0.1) is 6.61 Å². The number of hydrogen-bond acceptors (Lipinski definition) is 2. The van der Waals surface area contributed by atoms with Gasteiger partial charge < -0.3 is 4.74 Å². The molecule has 19 heavy (non-hydrogen) atoms. The van der Waals surface area contributed by atoms with Crippen LogP contribution in [-0.4, -0.2) is 19.0 Å². The van der Waals surface area contributed by atoms with Gasteiger partial charge in [0, 0.05) is 18.1 Å². The van der Waals surface area contributed by atoms with Crippen LogP contribution in [0.1, 0.15) is 67.4 Å². The van der Waals surface area contributed by atoms with Gasteiger partial charge in [0.25, 0.3) is 0 Å². The molecule has 0 saturated carbocycles. The van der Waals surface area contributed by atoms with Crippen LogP contribution in [0.2, 0.25) is 0 Å². The molecule has 0 aliphatic carbocycles. The normalized spacial score (nSPS) is 19.4. The number of ketones is 1. The number of Topliss-reactive ketones (excluding diaryl/α,β-unsaturated/α-hetero) is 1. The van der Waals surface area contributed by atoms with Gasteiger partial charge in [-0.3, -0.25) is 4.79 Å². The van der Waals surface area contributed by atoms with E-state index in [2.05, 4.69) is 39.8 Å². The maximum absolute atomic E-state index is 12.6. The Labute approximate surface area is 116 Å². The van der Waals surface area contributed by atoms with Gasteiger partial charge in [0.1, 0.15) is 0 Å². The van der Waals surface area contributed by atoms with Crippen LogP contribution in [-0.2, 0) is 4.74 Å². The zero-order valence-electron chi connectivity index (χ0n) is 12.4. The van der Waals surface area contributed by atoms with Crippen molar-refractivity contribution in [3.8, 4) is 0 Å². The van der Waals surface area contributed by atoms with Crippen LogP contribution in [0.15, 0.2) is 18.2 Å². The Morgan fingerprint density at radius 3 is 2.47 bits per heavy atom. The summed E-state index contributed by atoms with van der Waals surface area (Å²) in [5.74, 6) is 1.19. The third-order valence-corrected chi connectivity index (χ3v) is 3.93. The van der Waals surface area contributed by atoms with Crippen molar-refractivity contribution in [2.24, 2.45) is 5.92 Å². The standard InChI is InChI=1S/C17H24O2/c1-11(2)13-5-6-15(16(9-13)12(3)4)17(18)14-7-8-19-10-14/h5-6,9,11-12,14H,7-8,10H2,1-4H3. The lowest BCUT2D eigenvalue weighted by Gasteiger charge is -2.17. The molecule has 0 amide bonds. The Morgan fingerprint density at radius 1 is 1.21 bits per heavy atom.